The van der Waals surface area contributed by atoms with E-state index in [9.17, 15) is 9.59 Å². The minimum Gasteiger partial charge on any atom is -0.497 e. The molecule has 0 aliphatic heterocycles. The number of ether oxygens (including phenoxy) is 3. The molecule has 9 heteroatoms. The summed E-state index contributed by atoms with van der Waals surface area (Å²) in [5, 5.41) is 7.94. The maximum Gasteiger partial charge on any atom is 0.275 e. The average Bonchev–Trinajstić information content (AvgIpc) is 3.39. The zero-order valence-corrected chi connectivity index (χ0v) is 20.1. The van der Waals surface area contributed by atoms with E-state index in [-0.39, 0.29) is 17.5 Å². The highest BCUT2D eigenvalue weighted by molar-refractivity contribution is 7.13. The van der Waals surface area contributed by atoms with Crippen molar-refractivity contribution in [1.82, 2.24) is 4.98 Å². The minimum absolute atomic E-state index is 0.260. The number of rotatable bonds is 8. The molecule has 0 atom stereocenters. The number of nitrogens with zero attached hydrogens (tertiary/aromatic N) is 1. The van der Waals surface area contributed by atoms with Gasteiger partial charge < -0.3 is 24.8 Å². The molecule has 2 amide bonds. The Hall–Kier alpha value is -4.37. The van der Waals surface area contributed by atoms with Gasteiger partial charge in [0.05, 0.1) is 26.9 Å². The Balaban J connectivity index is 1.42. The third-order valence-electron chi connectivity index (χ3n) is 5.12. The van der Waals surface area contributed by atoms with Gasteiger partial charge in [-0.15, -0.1) is 11.3 Å². The van der Waals surface area contributed by atoms with Gasteiger partial charge >= 0.3 is 0 Å². The van der Waals surface area contributed by atoms with Crippen LogP contribution in [0.3, 0.4) is 0 Å². The summed E-state index contributed by atoms with van der Waals surface area (Å²) in [5.74, 6) is 1.23. The largest absolute Gasteiger partial charge is 0.497 e. The second-order valence-electron chi connectivity index (χ2n) is 7.29. The lowest BCUT2D eigenvalue weighted by Gasteiger charge is -2.10. The SMILES string of the molecule is COc1ccc(NC(=O)c2ccc(NC(=O)c3csc(-c4cccc(OC)c4OC)n3)cc2)cc1. The van der Waals surface area contributed by atoms with Crippen LogP contribution >= 0.6 is 11.3 Å². The van der Waals surface area contributed by atoms with Crippen molar-refractivity contribution < 1.29 is 23.8 Å². The number of para-hydroxylation sites is 1. The molecular formula is C26H23N3O5S. The van der Waals surface area contributed by atoms with Crippen molar-refractivity contribution in [3.8, 4) is 27.8 Å². The predicted octanol–water partition coefficient (Wildman–Crippen LogP) is 5.34. The van der Waals surface area contributed by atoms with E-state index in [2.05, 4.69) is 15.6 Å². The van der Waals surface area contributed by atoms with Crippen LogP contribution in [0.25, 0.3) is 10.6 Å². The lowest BCUT2D eigenvalue weighted by molar-refractivity contribution is 0.101. The van der Waals surface area contributed by atoms with Gasteiger partial charge in [-0.3, -0.25) is 9.59 Å². The molecule has 0 saturated heterocycles. The van der Waals surface area contributed by atoms with E-state index in [1.165, 1.54) is 11.3 Å². The number of hydrogen-bond acceptors (Lipinski definition) is 7. The summed E-state index contributed by atoms with van der Waals surface area (Å²) in [6.45, 7) is 0. The van der Waals surface area contributed by atoms with E-state index in [0.717, 1.165) is 5.56 Å². The van der Waals surface area contributed by atoms with Crippen LogP contribution < -0.4 is 24.8 Å². The molecule has 4 rings (SSSR count). The summed E-state index contributed by atoms with van der Waals surface area (Å²) < 4.78 is 15.9. The highest BCUT2D eigenvalue weighted by atomic mass is 32.1. The second kappa shape index (κ2) is 10.7. The average molecular weight is 490 g/mol. The molecule has 1 heterocycles. The number of carbonyl (C=O) groups is 2. The van der Waals surface area contributed by atoms with Crippen molar-refractivity contribution in [1.29, 1.82) is 0 Å². The zero-order valence-electron chi connectivity index (χ0n) is 19.3. The van der Waals surface area contributed by atoms with E-state index in [4.69, 9.17) is 14.2 Å². The van der Waals surface area contributed by atoms with E-state index < -0.39 is 0 Å². The van der Waals surface area contributed by atoms with Crippen LogP contribution in [0.15, 0.2) is 72.1 Å². The van der Waals surface area contributed by atoms with E-state index in [0.29, 0.717) is 39.2 Å². The first-order valence-corrected chi connectivity index (χ1v) is 11.4. The summed E-state index contributed by atoms with van der Waals surface area (Å²) in [6.07, 6.45) is 0. The summed E-state index contributed by atoms with van der Waals surface area (Å²) in [5.41, 5.74) is 2.67. The van der Waals surface area contributed by atoms with E-state index >= 15 is 0 Å². The Morgan fingerprint density at radius 2 is 1.43 bits per heavy atom. The van der Waals surface area contributed by atoms with Crippen LogP contribution in [0, 0.1) is 0 Å². The number of amides is 2. The molecule has 0 radical (unpaired) electrons. The Labute approximate surface area is 206 Å². The summed E-state index contributed by atoms with van der Waals surface area (Å²) in [7, 11) is 4.71. The van der Waals surface area contributed by atoms with Crippen LogP contribution in [0.2, 0.25) is 0 Å². The quantitative estimate of drug-likeness (QED) is 0.347. The first kappa shape index (κ1) is 23.8. The predicted molar refractivity (Wildman–Crippen MR) is 136 cm³/mol. The Morgan fingerprint density at radius 1 is 0.771 bits per heavy atom. The maximum atomic E-state index is 12.7. The number of hydrogen-bond donors (Lipinski definition) is 2. The fourth-order valence-corrected chi connectivity index (χ4v) is 4.16. The summed E-state index contributed by atoms with van der Waals surface area (Å²) in [4.78, 5) is 29.7. The van der Waals surface area contributed by atoms with Crippen molar-refractivity contribution in [2.24, 2.45) is 0 Å². The molecule has 8 nitrogen and oxygen atoms in total. The lowest BCUT2D eigenvalue weighted by Crippen LogP contribution is -2.14. The Kier molecular flexibility index (Phi) is 7.27. The minimum atomic E-state index is -0.357. The number of aromatic nitrogens is 1. The first-order chi connectivity index (χ1) is 17.0. The van der Waals surface area contributed by atoms with Gasteiger partial charge in [0.2, 0.25) is 0 Å². The molecule has 0 spiro atoms. The number of thiazole rings is 1. The fourth-order valence-electron chi connectivity index (χ4n) is 3.33. The van der Waals surface area contributed by atoms with Crippen LogP contribution in [-0.4, -0.2) is 38.1 Å². The molecule has 0 unspecified atom stereocenters. The highest BCUT2D eigenvalue weighted by Gasteiger charge is 2.17. The Bertz CT molecular complexity index is 1330. The molecule has 1 aromatic heterocycles. The van der Waals surface area contributed by atoms with Crippen LogP contribution in [0.4, 0.5) is 11.4 Å². The normalized spacial score (nSPS) is 10.4. The smallest absolute Gasteiger partial charge is 0.275 e. The van der Waals surface area contributed by atoms with Crippen LogP contribution in [0.5, 0.6) is 17.2 Å². The molecule has 0 saturated carbocycles. The zero-order chi connectivity index (χ0) is 24.8. The van der Waals surface area contributed by atoms with Gasteiger partial charge in [0, 0.05) is 22.3 Å². The number of carbonyl (C=O) groups excluding carboxylic acids is 2. The Morgan fingerprint density at radius 3 is 2.06 bits per heavy atom. The number of anilines is 2. The van der Waals surface area contributed by atoms with Crippen LogP contribution in [0.1, 0.15) is 20.8 Å². The first-order valence-electron chi connectivity index (χ1n) is 10.6. The van der Waals surface area contributed by atoms with E-state index in [1.54, 1.807) is 81.3 Å². The van der Waals surface area contributed by atoms with Crippen molar-refractivity contribution in [3.63, 3.8) is 0 Å². The monoisotopic (exact) mass is 489 g/mol. The highest BCUT2D eigenvalue weighted by Crippen LogP contribution is 2.39. The molecule has 2 N–H and O–H groups in total. The molecule has 0 aliphatic rings. The van der Waals surface area contributed by atoms with Crippen molar-refractivity contribution in [3.05, 3.63) is 83.4 Å². The number of nitrogens with one attached hydrogen (secondary N) is 2. The summed E-state index contributed by atoms with van der Waals surface area (Å²) in [6, 6.07) is 19.2. The molecule has 0 aliphatic carbocycles. The second-order valence-corrected chi connectivity index (χ2v) is 8.15. The molecule has 35 heavy (non-hydrogen) atoms. The molecule has 0 bridgehead atoms. The van der Waals surface area contributed by atoms with E-state index in [1.807, 2.05) is 12.1 Å². The number of methoxy groups -OCH3 is 3. The van der Waals surface area contributed by atoms with Crippen molar-refractivity contribution >= 4 is 34.5 Å². The van der Waals surface area contributed by atoms with Gasteiger partial charge in [-0.05, 0) is 60.7 Å². The molecular weight excluding hydrogens is 466 g/mol. The van der Waals surface area contributed by atoms with Gasteiger partial charge in [0.25, 0.3) is 11.8 Å². The fraction of sp³-hybridized carbons (Fsp3) is 0.115. The third kappa shape index (κ3) is 5.42. The molecule has 3 aromatic carbocycles. The van der Waals surface area contributed by atoms with Crippen molar-refractivity contribution in [2.75, 3.05) is 32.0 Å². The third-order valence-corrected chi connectivity index (χ3v) is 6.00. The number of benzene rings is 3. The summed E-state index contributed by atoms with van der Waals surface area (Å²) >= 11 is 1.33. The topological polar surface area (TPSA) is 98.8 Å². The van der Waals surface area contributed by atoms with Crippen LogP contribution in [-0.2, 0) is 0 Å². The van der Waals surface area contributed by atoms with Gasteiger partial charge in [-0.1, -0.05) is 6.07 Å². The van der Waals surface area contributed by atoms with Crippen molar-refractivity contribution in [2.45, 2.75) is 0 Å². The molecule has 178 valence electrons. The lowest BCUT2D eigenvalue weighted by atomic mass is 10.2. The standard InChI is InChI=1S/C26H23N3O5S/c1-32-19-13-11-18(12-14-19)27-24(30)16-7-9-17(10-8-16)28-25(31)21-15-35-26(29-21)20-5-4-6-22(33-2)23(20)34-3/h4-15H,1-3H3,(H,27,30)(H,28,31). The van der Waals surface area contributed by atoms with Gasteiger partial charge in [0.1, 0.15) is 16.5 Å². The van der Waals surface area contributed by atoms with Gasteiger partial charge in [0.15, 0.2) is 11.5 Å². The maximum absolute atomic E-state index is 12.7. The van der Waals surface area contributed by atoms with Gasteiger partial charge in [-0.2, -0.15) is 0 Å². The van der Waals surface area contributed by atoms with Gasteiger partial charge in [-0.25, -0.2) is 4.98 Å². The molecule has 0 fully saturated rings. The molecule has 4 aromatic rings.